The summed E-state index contributed by atoms with van der Waals surface area (Å²) in [4.78, 5) is 13.1. The minimum absolute atomic E-state index is 0.132. The number of rotatable bonds is 3. The zero-order valence-electron chi connectivity index (χ0n) is 11.8. The second kappa shape index (κ2) is 5.12. The maximum Gasteiger partial charge on any atom is 0.410 e. The van der Waals surface area contributed by atoms with Gasteiger partial charge in [-0.25, -0.2) is 13.2 Å². The van der Waals surface area contributed by atoms with Crippen molar-refractivity contribution in [1.82, 2.24) is 4.90 Å². The number of furan rings is 1. The van der Waals surface area contributed by atoms with Crippen LogP contribution in [-0.2, 0) is 20.3 Å². The molecule has 1 aromatic heterocycles. The SMILES string of the molecule is CC(C)(C)OC(=O)N1CC(S(=O)(=O)Cc2ccco2)C1. The smallest absolute Gasteiger partial charge is 0.410 e. The summed E-state index contributed by atoms with van der Waals surface area (Å²) in [7, 11) is -3.30. The summed E-state index contributed by atoms with van der Waals surface area (Å²) in [5, 5.41) is -0.542. The third-order valence-electron chi connectivity index (χ3n) is 2.93. The van der Waals surface area contributed by atoms with Crippen LogP contribution in [0.2, 0.25) is 0 Å². The fourth-order valence-electron chi connectivity index (χ4n) is 1.85. The molecule has 1 saturated heterocycles. The van der Waals surface area contributed by atoms with E-state index in [9.17, 15) is 13.2 Å². The van der Waals surface area contributed by atoms with Gasteiger partial charge in [0, 0.05) is 13.1 Å². The first-order chi connectivity index (χ1) is 9.17. The van der Waals surface area contributed by atoms with Crippen LogP contribution < -0.4 is 0 Å². The van der Waals surface area contributed by atoms with Gasteiger partial charge in [0.05, 0.1) is 11.5 Å². The fraction of sp³-hybridized carbons (Fsp3) is 0.615. The molecule has 0 atom stereocenters. The summed E-state index contributed by atoms with van der Waals surface area (Å²) in [5.41, 5.74) is -0.574. The largest absolute Gasteiger partial charge is 0.468 e. The van der Waals surface area contributed by atoms with Crippen LogP contribution in [0.3, 0.4) is 0 Å². The van der Waals surface area contributed by atoms with Gasteiger partial charge in [0.25, 0.3) is 0 Å². The number of carbonyl (C=O) groups excluding carboxylic acids is 1. The molecule has 1 aliphatic rings. The van der Waals surface area contributed by atoms with Crippen LogP contribution in [-0.4, -0.2) is 43.4 Å². The van der Waals surface area contributed by atoms with Crippen molar-refractivity contribution < 1.29 is 22.4 Å². The lowest BCUT2D eigenvalue weighted by molar-refractivity contribution is 0.0139. The van der Waals surface area contributed by atoms with Gasteiger partial charge in [-0.1, -0.05) is 0 Å². The molecule has 0 N–H and O–H groups in total. The maximum atomic E-state index is 12.1. The van der Waals surface area contributed by atoms with E-state index in [2.05, 4.69) is 0 Å². The predicted molar refractivity (Wildman–Crippen MR) is 72.9 cm³/mol. The van der Waals surface area contributed by atoms with Crippen molar-refractivity contribution in [2.45, 2.75) is 37.4 Å². The number of amides is 1. The Hall–Kier alpha value is -1.50. The number of nitrogens with zero attached hydrogens (tertiary/aromatic N) is 1. The zero-order valence-corrected chi connectivity index (χ0v) is 12.6. The first kappa shape index (κ1) is 14.9. The molecule has 2 rings (SSSR count). The standard InChI is InChI=1S/C13H19NO5S/c1-13(2,3)19-12(15)14-7-11(8-14)20(16,17)9-10-5-4-6-18-10/h4-6,11H,7-9H2,1-3H3. The second-order valence-corrected chi connectivity index (χ2v) is 8.17. The third-order valence-corrected chi connectivity index (χ3v) is 4.93. The molecule has 112 valence electrons. The van der Waals surface area contributed by atoms with Crippen molar-refractivity contribution in [2.75, 3.05) is 13.1 Å². The zero-order chi connectivity index (χ0) is 15.0. The molecule has 2 heterocycles. The molecule has 0 spiro atoms. The molecule has 6 nitrogen and oxygen atoms in total. The highest BCUT2D eigenvalue weighted by atomic mass is 32.2. The Morgan fingerprint density at radius 1 is 1.45 bits per heavy atom. The summed E-state index contributed by atoms with van der Waals surface area (Å²) < 4.78 is 34.4. The predicted octanol–water partition coefficient (Wildman–Crippen LogP) is 1.81. The van der Waals surface area contributed by atoms with Crippen molar-refractivity contribution in [2.24, 2.45) is 0 Å². The lowest BCUT2D eigenvalue weighted by Crippen LogP contribution is -2.58. The summed E-state index contributed by atoms with van der Waals surface area (Å²) >= 11 is 0. The molecule has 1 amide bonds. The number of hydrogen-bond donors (Lipinski definition) is 0. The topological polar surface area (TPSA) is 76.8 Å². The average Bonchev–Trinajstić information content (AvgIpc) is 2.62. The first-order valence-corrected chi connectivity index (χ1v) is 8.11. The quantitative estimate of drug-likeness (QED) is 0.851. The molecule has 0 radical (unpaired) electrons. The Bertz CT molecular complexity index is 564. The third kappa shape index (κ3) is 3.53. The highest BCUT2D eigenvalue weighted by molar-refractivity contribution is 7.91. The van der Waals surface area contributed by atoms with E-state index in [4.69, 9.17) is 9.15 Å². The molecule has 1 aromatic rings. The molecule has 1 aliphatic heterocycles. The highest BCUT2D eigenvalue weighted by Crippen LogP contribution is 2.22. The number of carbonyl (C=O) groups is 1. The fourth-order valence-corrected chi connectivity index (χ4v) is 3.46. The Balaban J connectivity index is 1.88. The van der Waals surface area contributed by atoms with Crippen LogP contribution in [0.4, 0.5) is 4.79 Å². The molecule has 0 bridgehead atoms. The molecule has 0 aromatic carbocycles. The van der Waals surface area contributed by atoms with Crippen molar-refractivity contribution in [1.29, 1.82) is 0 Å². The van der Waals surface area contributed by atoms with Crippen molar-refractivity contribution in [3.05, 3.63) is 24.2 Å². The maximum absolute atomic E-state index is 12.1. The van der Waals surface area contributed by atoms with Crippen molar-refractivity contribution >= 4 is 15.9 Å². The molecule has 0 aliphatic carbocycles. The molecular formula is C13H19NO5S. The number of hydrogen-bond acceptors (Lipinski definition) is 5. The Morgan fingerprint density at radius 2 is 2.10 bits per heavy atom. The molecule has 0 saturated carbocycles. The van der Waals surface area contributed by atoms with Gasteiger partial charge in [-0.2, -0.15) is 0 Å². The van der Waals surface area contributed by atoms with Gasteiger partial charge >= 0.3 is 6.09 Å². The molecular weight excluding hydrogens is 282 g/mol. The summed E-state index contributed by atoms with van der Waals surface area (Å²) in [5.74, 6) is 0.285. The minimum Gasteiger partial charge on any atom is -0.468 e. The van der Waals surface area contributed by atoms with Gasteiger partial charge in [-0.3, -0.25) is 0 Å². The van der Waals surface area contributed by atoms with E-state index in [-0.39, 0.29) is 18.8 Å². The second-order valence-electron chi connectivity index (χ2n) is 5.89. The van der Waals surface area contributed by atoms with Gasteiger partial charge in [-0.05, 0) is 32.9 Å². The summed E-state index contributed by atoms with van der Waals surface area (Å²) in [6.07, 6.45) is 0.973. The van der Waals surface area contributed by atoms with Gasteiger partial charge in [0.2, 0.25) is 0 Å². The first-order valence-electron chi connectivity index (χ1n) is 6.39. The van der Waals surface area contributed by atoms with Crippen LogP contribution in [0.15, 0.2) is 22.8 Å². The van der Waals surface area contributed by atoms with Gasteiger partial charge in [-0.15, -0.1) is 0 Å². The number of ether oxygens (including phenoxy) is 1. The van der Waals surface area contributed by atoms with Crippen LogP contribution in [0.1, 0.15) is 26.5 Å². The Labute approximate surface area is 118 Å². The lowest BCUT2D eigenvalue weighted by atomic mass is 10.2. The van der Waals surface area contributed by atoms with Crippen molar-refractivity contribution in [3.63, 3.8) is 0 Å². The molecule has 7 heteroatoms. The lowest BCUT2D eigenvalue weighted by Gasteiger charge is -2.39. The van der Waals surface area contributed by atoms with Crippen LogP contribution in [0.25, 0.3) is 0 Å². The molecule has 1 fully saturated rings. The van der Waals surface area contributed by atoms with Gasteiger partial charge < -0.3 is 14.1 Å². The summed E-state index contributed by atoms with van der Waals surface area (Å²) in [6.45, 7) is 5.68. The molecule has 20 heavy (non-hydrogen) atoms. The van der Waals surface area contributed by atoms with E-state index in [1.807, 2.05) is 0 Å². The molecule has 0 unspecified atom stereocenters. The number of sulfone groups is 1. The van der Waals surface area contributed by atoms with Crippen LogP contribution in [0.5, 0.6) is 0 Å². The summed E-state index contributed by atoms with van der Waals surface area (Å²) in [6, 6.07) is 3.28. The van der Waals surface area contributed by atoms with E-state index in [0.717, 1.165) is 0 Å². The average molecular weight is 301 g/mol. The van der Waals surface area contributed by atoms with E-state index < -0.39 is 26.8 Å². The van der Waals surface area contributed by atoms with Crippen molar-refractivity contribution in [3.8, 4) is 0 Å². The van der Waals surface area contributed by atoms with Crippen LogP contribution >= 0.6 is 0 Å². The normalized spacial score (nSPS) is 16.9. The van der Waals surface area contributed by atoms with E-state index in [1.54, 1.807) is 32.9 Å². The Kier molecular flexibility index (Phi) is 3.82. The number of likely N-dealkylation sites (tertiary alicyclic amines) is 1. The Morgan fingerprint density at radius 3 is 2.60 bits per heavy atom. The van der Waals surface area contributed by atoms with E-state index >= 15 is 0 Å². The highest BCUT2D eigenvalue weighted by Gasteiger charge is 2.41. The van der Waals surface area contributed by atoms with Gasteiger partial charge in [0.15, 0.2) is 9.84 Å². The minimum atomic E-state index is -3.30. The monoisotopic (exact) mass is 301 g/mol. The van der Waals surface area contributed by atoms with E-state index in [1.165, 1.54) is 11.2 Å². The van der Waals surface area contributed by atoms with Gasteiger partial charge in [0.1, 0.15) is 17.1 Å². The van der Waals surface area contributed by atoms with Crippen LogP contribution in [0, 0.1) is 0 Å². The van der Waals surface area contributed by atoms with E-state index in [0.29, 0.717) is 5.76 Å².